The van der Waals surface area contributed by atoms with Crippen LogP contribution in [-0.2, 0) is 0 Å². The van der Waals surface area contributed by atoms with Gasteiger partial charge in [-0.1, -0.05) is 31.2 Å². The quantitative estimate of drug-likeness (QED) is 0.817. The molecule has 0 saturated carbocycles. The highest BCUT2D eigenvalue weighted by atomic mass is 32.1. The van der Waals surface area contributed by atoms with E-state index < -0.39 is 0 Å². The van der Waals surface area contributed by atoms with Crippen LogP contribution in [0.5, 0.6) is 5.75 Å². The predicted octanol–water partition coefficient (Wildman–Crippen LogP) is 3.91. The molecule has 0 spiro atoms. The van der Waals surface area contributed by atoms with Gasteiger partial charge in [0.2, 0.25) is 0 Å². The van der Waals surface area contributed by atoms with Crippen LogP contribution in [0.25, 0.3) is 0 Å². The third-order valence-corrected chi connectivity index (χ3v) is 3.39. The molecule has 0 bridgehead atoms. The SMILES string of the molecule is CCCOc1cccc(C(=O)NC(=S)Nc2ccccc2C)c1. The lowest BCUT2D eigenvalue weighted by Gasteiger charge is -2.12. The molecule has 5 heteroatoms. The molecule has 0 fully saturated rings. The standard InChI is InChI=1S/C18H20N2O2S/c1-3-11-22-15-9-6-8-14(12-15)17(21)20-18(23)19-16-10-5-4-7-13(16)2/h4-10,12H,3,11H2,1-2H3,(H2,19,20,21,23). The lowest BCUT2D eigenvalue weighted by molar-refractivity contribution is 0.0977. The molecule has 4 nitrogen and oxygen atoms in total. The van der Waals surface area contributed by atoms with E-state index in [1.54, 1.807) is 18.2 Å². The number of ether oxygens (including phenoxy) is 1. The monoisotopic (exact) mass is 328 g/mol. The van der Waals surface area contributed by atoms with Crippen LogP contribution in [0.2, 0.25) is 0 Å². The lowest BCUT2D eigenvalue weighted by atomic mass is 10.2. The van der Waals surface area contributed by atoms with Gasteiger partial charge in [0.15, 0.2) is 5.11 Å². The summed E-state index contributed by atoms with van der Waals surface area (Å²) in [6, 6.07) is 14.8. The van der Waals surface area contributed by atoms with Crippen LogP contribution in [-0.4, -0.2) is 17.6 Å². The lowest BCUT2D eigenvalue weighted by Crippen LogP contribution is -2.34. The highest BCUT2D eigenvalue weighted by molar-refractivity contribution is 7.80. The Hall–Kier alpha value is -2.40. The Morgan fingerprint density at radius 1 is 1.17 bits per heavy atom. The Labute approximate surface area is 141 Å². The van der Waals surface area contributed by atoms with Crippen LogP contribution >= 0.6 is 12.2 Å². The molecule has 0 unspecified atom stereocenters. The molecule has 2 aromatic carbocycles. The van der Waals surface area contributed by atoms with E-state index in [2.05, 4.69) is 10.6 Å². The van der Waals surface area contributed by atoms with Crippen molar-refractivity contribution in [1.29, 1.82) is 0 Å². The van der Waals surface area contributed by atoms with E-state index in [-0.39, 0.29) is 11.0 Å². The summed E-state index contributed by atoms with van der Waals surface area (Å²) in [4.78, 5) is 12.3. The van der Waals surface area contributed by atoms with E-state index in [1.807, 2.05) is 44.2 Å². The molecule has 0 aliphatic carbocycles. The Bertz CT molecular complexity index is 701. The molecule has 0 aliphatic heterocycles. The van der Waals surface area contributed by atoms with E-state index in [1.165, 1.54) is 0 Å². The predicted molar refractivity (Wildman–Crippen MR) is 97.1 cm³/mol. The van der Waals surface area contributed by atoms with E-state index in [0.717, 1.165) is 17.7 Å². The van der Waals surface area contributed by atoms with Crippen molar-refractivity contribution >= 4 is 28.9 Å². The Morgan fingerprint density at radius 3 is 2.70 bits per heavy atom. The number of aryl methyl sites for hydroxylation is 1. The minimum absolute atomic E-state index is 0.266. The maximum Gasteiger partial charge on any atom is 0.257 e. The van der Waals surface area contributed by atoms with Crippen molar-refractivity contribution in [1.82, 2.24) is 5.32 Å². The largest absolute Gasteiger partial charge is 0.494 e. The first-order valence-corrected chi connectivity index (χ1v) is 7.92. The van der Waals surface area contributed by atoms with Gasteiger partial charge in [0.05, 0.1) is 6.61 Å². The normalized spacial score (nSPS) is 10.0. The van der Waals surface area contributed by atoms with E-state index in [0.29, 0.717) is 17.9 Å². The number of hydrogen-bond acceptors (Lipinski definition) is 3. The molecular weight excluding hydrogens is 308 g/mol. The van der Waals surface area contributed by atoms with Gasteiger partial charge in [-0.25, -0.2) is 0 Å². The first kappa shape index (κ1) is 17.0. The highest BCUT2D eigenvalue weighted by Gasteiger charge is 2.09. The first-order chi connectivity index (χ1) is 11.1. The molecule has 2 N–H and O–H groups in total. The molecule has 0 heterocycles. The number of hydrogen-bond donors (Lipinski definition) is 2. The molecule has 0 aromatic heterocycles. The Kier molecular flexibility index (Phi) is 6.11. The second kappa shape index (κ2) is 8.29. The van der Waals surface area contributed by atoms with Crippen molar-refractivity contribution in [2.24, 2.45) is 0 Å². The fourth-order valence-electron chi connectivity index (χ4n) is 1.99. The van der Waals surface area contributed by atoms with Gasteiger partial charge in [-0.2, -0.15) is 0 Å². The van der Waals surface area contributed by atoms with Crippen LogP contribution in [0.4, 0.5) is 5.69 Å². The number of thiocarbonyl (C=S) groups is 1. The van der Waals surface area contributed by atoms with Gasteiger partial charge in [-0.15, -0.1) is 0 Å². The zero-order valence-corrected chi connectivity index (χ0v) is 14.1. The summed E-state index contributed by atoms with van der Waals surface area (Å²) in [6.07, 6.45) is 0.918. The van der Waals surface area contributed by atoms with Gasteiger partial charge in [0, 0.05) is 11.3 Å². The van der Waals surface area contributed by atoms with Gasteiger partial charge in [0.1, 0.15) is 5.75 Å². The molecule has 0 radical (unpaired) electrons. The molecule has 2 rings (SSSR count). The average Bonchev–Trinajstić information content (AvgIpc) is 2.55. The third-order valence-electron chi connectivity index (χ3n) is 3.19. The highest BCUT2D eigenvalue weighted by Crippen LogP contribution is 2.15. The molecule has 2 aromatic rings. The summed E-state index contributed by atoms with van der Waals surface area (Å²) in [6.45, 7) is 4.63. The average molecular weight is 328 g/mol. The number of anilines is 1. The summed E-state index contributed by atoms with van der Waals surface area (Å²) in [5.41, 5.74) is 2.43. The third kappa shape index (κ3) is 5.07. The van der Waals surface area contributed by atoms with Gasteiger partial charge in [-0.05, 0) is 55.4 Å². The van der Waals surface area contributed by atoms with Crippen molar-refractivity contribution in [2.45, 2.75) is 20.3 Å². The number of amides is 1. The summed E-state index contributed by atoms with van der Waals surface area (Å²) < 4.78 is 5.53. The number of benzene rings is 2. The maximum atomic E-state index is 12.3. The van der Waals surface area contributed by atoms with Crippen molar-refractivity contribution in [3.63, 3.8) is 0 Å². The smallest absolute Gasteiger partial charge is 0.257 e. The van der Waals surface area contributed by atoms with Gasteiger partial charge in [-0.3, -0.25) is 10.1 Å². The van der Waals surface area contributed by atoms with Gasteiger partial charge in [0.25, 0.3) is 5.91 Å². The second-order valence-corrected chi connectivity index (χ2v) is 5.51. The Morgan fingerprint density at radius 2 is 1.96 bits per heavy atom. The van der Waals surface area contributed by atoms with Crippen LogP contribution in [0.15, 0.2) is 48.5 Å². The second-order valence-electron chi connectivity index (χ2n) is 5.10. The van der Waals surface area contributed by atoms with Crippen molar-refractivity contribution in [2.75, 3.05) is 11.9 Å². The summed E-state index contributed by atoms with van der Waals surface area (Å²) in [5, 5.41) is 5.98. The van der Waals surface area contributed by atoms with Crippen molar-refractivity contribution in [3.8, 4) is 5.75 Å². The fourth-order valence-corrected chi connectivity index (χ4v) is 2.19. The van der Waals surface area contributed by atoms with Crippen LogP contribution in [0, 0.1) is 6.92 Å². The van der Waals surface area contributed by atoms with Gasteiger partial charge >= 0.3 is 0 Å². The number of carbonyl (C=O) groups excluding carboxylic acids is 1. The Balaban J connectivity index is 1.98. The summed E-state index contributed by atoms with van der Waals surface area (Å²) >= 11 is 5.20. The molecule has 120 valence electrons. The minimum Gasteiger partial charge on any atom is -0.494 e. The maximum absolute atomic E-state index is 12.3. The zero-order chi connectivity index (χ0) is 16.7. The molecule has 0 aliphatic rings. The number of rotatable bonds is 5. The van der Waals surface area contributed by atoms with Crippen molar-refractivity contribution in [3.05, 3.63) is 59.7 Å². The van der Waals surface area contributed by atoms with E-state index in [9.17, 15) is 4.79 Å². The first-order valence-electron chi connectivity index (χ1n) is 7.51. The van der Waals surface area contributed by atoms with Crippen LogP contribution < -0.4 is 15.4 Å². The molecule has 0 atom stereocenters. The number of para-hydroxylation sites is 1. The van der Waals surface area contributed by atoms with Crippen LogP contribution in [0.3, 0.4) is 0 Å². The molecule has 0 saturated heterocycles. The number of nitrogens with one attached hydrogen (secondary N) is 2. The topological polar surface area (TPSA) is 50.4 Å². The molecular formula is C18H20N2O2S. The van der Waals surface area contributed by atoms with Crippen molar-refractivity contribution < 1.29 is 9.53 Å². The van der Waals surface area contributed by atoms with Gasteiger partial charge < -0.3 is 10.1 Å². The fraction of sp³-hybridized carbons (Fsp3) is 0.222. The van der Waals surface area contributed by atoms with E-state index in [4.69, 9.17) is 17.0 Å². The zero-order valence-electron chi connectivity index (χ0n) is 13.3. The molecule has 23 heavy (non-hydrogen) atoms. The minimum atomic E-state index is -0.266. The number of carbonyl (C=O) groups is 1. The van der Waals surface area contributed by atoms with Crippen LogP contribution in [0.1, 0.15) is 29.3 Å². The summed E-state index contributed by atoms with van der Waals surface area (Å²) in [7, 11) is 0. The molecule has 1 amide bonds. The summed E-state index contributed by atoms with van der Waals surface area (Å²) in [5.74, 6) is 0.412. The van der Waals surface area contributed by atoms with E-state index >= 15 is 0 Å².